The van der Waals surface area contributed by atoms with Crippen molar-refractivity contribution in [3.05, 3.63) is 29.6 Å². The minimum Gasteiger partial charge on any atom is -0.345 e. The fraction of sp³-hybridized carbons (Fsp3) is 0.417. The quantitative estimate of drug-likeness (QED) is 0.678. The molecular formula is C12H13N3. The molecule has 0 radical (unpaired) electrons. The van der Waals surface area contributed by atoms with E-state index < -0.39 is 0 Å². The Labute approximate surface area is 87.9 Å². The van der Waals surface area contributed by atoms with Crippen LogP contribution in [0.15, 0.2) is 18.5 Å². The first kappa shape index (κ1) is 7.88. The van der Waals surface area contributed by atoms with Crippen LogP contribution < -0.4 is 5.32 Å². The van der Waals surface area contributed by atoms with Crippen molar-refractivity contribution < 1.29 is 0 Å². The molecule has 2 N–H and O–H groups in total. The SMILES string of the molecule is c1nc2cc3c(cc2[nH]1)C1CNCC3C1. The zero-order chi connectivity index (χ0) is 9.83. The summed E-state index contributed by atoms with van der Waals surface area (Å²) < 4.78 is 0. The maximum absolute atomic E-state index is 4.33. The number of benzene rings is 1. The fourth-order valence-electron chi connectivity index (χ4n) is 3.14. The Hall–Kier alpha value is -1.35. The predicted octanol–water partition coefficient (Wildman–Crippen LogP) is 1.74. The van der Waals surface area contributed by atoms with Gasteiger partial charge in [0.2, 0.25) is 0 Å². The van der Waals surface area contributed by atoms with Gasteiger partial charge in [-0.15, -0.1) is 0 Å². The minimum absolute atomic E-state index is 0.722. The number of rotatable bonds is 0. The van der Waals surface area contributed by atoms with Gasteiger partial charge in [-0.2, -0.15) is 0 Å². The number of aromatic nitrogens is 2. The van der Waals surface area contributed by atoms with E-state index in [0.717, 1.165) is 30.4 Å². The Morgan fingerprint density at radius 3 is 2.80 bits per heavy atom. The normalized spacial score (nSPS) is 28.3. The van der Waals surface area contributed by atoms with Crippen molar-refractivity contribution in [3.63, 3.8) is 0 Å². The molecule has 2 aromatic rings. The number of hydrogen-bond donors (Lipinski definition) is 2. The molecule has 1 fully saturated rings. The first-order valence-corrected chi connectivity index (χ1v) is 5.59. The number of fused-ring (bicyclic) bond motifs is 6. The van der Waals surface area contributed by atoms with Gasteiger partial charge >= 0.3 is 0 Å². The molecule has 1 aromatic carbocycles. The summed E-state index contributed by atoms with van der Waals surface area (Å²) in [6.45, 7) is 2.28. The highest BCUT2D eigenvalue weighted by Gasteiger charge is 2.34. The van der Waals surface area contributed by atoms with Crippen molar-refractivity contribution in [2.45, 2.75) is 18.3 Å². The summed E-state index contributed by atoms with van der Waals surface area (Å²) in [5.41, 5.74) is 5.37. The van der Waals surface area contributed by atoms with Crippen LogP contribution in [-0.4, -0.2) is 23.1 Å². The molecule has 76 valence electrons. The molecule has 0 saturated carbocycles. The Morgan fingerprint density at radius 1 is 1.13 bits per heavy atom. The van der Waals surface area contributed by atoms with E-state index in [0.29, 0.717) is 0 Å². The van der Waals surface area contributed by atoms with Crippen LogP contribution in [0.1, 0.15) is 29.4 Å². The van der Waals surface area contributed by atoms with Crippen molar-refractivity contribution in [2.75, 3.05) is 13.1 Å². The Kier molecular flexibility index (Phi) is 1.37. The number of imidazole rings is 1. The van der Waals surface area contributed by atoms with Gasteiger partial charge in [-0.25, -0.2) is 4.98 Å². The molecule has 2 heterocycles. The highest BCUT2D eigenvalue weighted by molar-refractivity contribution is 5.77. The molecule has 1 aliphatic carbocycles. The molecule has 3 heteroatoms. The van der Waals surface area contributed by atoms with Gasteiger partial charge in [-0.3, -0.25) is 0 Å². The zero-order valence-electron chi connectivity index (χ0n) is 8.46. The van der Waals surface area contributed by atoms with Crippen molar-refractivity contribution in [2.24, 2.45) is 0 Å². The van der Waals surface area contributed by atoms with Crippen molar-refractivity contribution in [1.29, 1.82) is 0 Å². The highest BCUT2D eigenvalue weighted by atomic mass is 14.9. The molecule has 0 spiro atoms. The van der Waals surface area contributed by atoms with Crippen LogP contribution in [-0.2, 0) is 0 Å². The highest BCUT2D eigenvalue weighted by Crippen LogP contribution is 2.44. The third kappa shape index (κ3) is 0.960. The lowest BCUT2D eigenvalue weighted by atomic mass is 9.98. The van der Waals surface area contributed by atoms with Crippen molar-refractivity contribution in [1.82, 2.24) is 15.3 Å². The first-order chi connectivity index (χ1) is 7.42. The predicted molar refractivity (Wildman–Crippen MR) is 59.1 cm³/mol. The van der Waals surface area contributed by atoms with Crippen LogP contribution in [0.25, 0.3) is 11.0 Å². The Morgan fingerprint density at radius 2 is 1.93 bits per heavy atom. The van der Waals surface area contributed by atoms with Gasteiger partial charge in [0.25, 0.3) is 0 Å². The van der Waals surface area contributed by atoms with Gasteiger partial charge in [0, 0.05) is 13.1 Å². The van der Waals surface area contributed by atoms with Crippen molar-refractivity contribution in [3.8, 4) is 0 Å². The zero-order valence-corrected chi connectivity index (χ0v) is 8.46. The standard InChI is InChI=1S/C12H13N3/c1-7-4-13-5-8(1)10-3-12-11(2-9(7)10)14-6-15-12/h2-3,6-8,13H,1,4-5H2,(H,14,15). The van der Waals surface area contributed by atoms with Gasteiger partial charge < -0.3 is 10.3 Å². The lowest BCUT2D eigenvalue weighted by Crippen LogP contribution is -2.28. The Balaban J connectivity index is 2.02. The van der Waals surface area contributed by atoms with Crippen LogP contribution in [0.2, 0.25) is 0 Å². The minimum atomic E-state index is 0.722. The van der Waals surface area contributed by atoms with Crippen LogP contribution in [0.4, 0.5) is 0 Å². The summed E-state index contributed by atoms with van der Waals surface area (Å²) in [6, 6.07) is 4.58. The number of hydrogen-bond acceptors (Lipinski definition) is 2. The average molecular weight is 199 g/mol. The molecule has 1 aliphatic heterocycles. The molecule has 15 heavy (non-hydrogen) atoms. The lowest BCUT2D eigenvalue weighted by molar-refractivity contribution is 0.454. The summed E-state index contributed by atoms with van der Waals surface area (Å²) in [5, 5.41) is 3.51. The molecule has 2 aliphatic rings. The smallest absolute Gasteiger partial charge is 0.0931 e. The molecule has 0 amide bonds. The first-order valence-electron chi connectivity index (χ1n) is 5.59. The molecule has 4 rings (SSSR count). The summed E-state index contributed by atoms with van der Waals surface area (Å²) in [5.74, 6) is 1.45. The lowest BCUT2D eigenvalue weighted by Gasteiger charge is -2.19. The monoisotopic (exact) mass is 199 g/mol. The number of aromatic amines is 1. The third-order valence-corrected chi connectivity index (χ3v) is 3.86. The largest absolute Gasteiger partial charge is 0.345 e. The van der Waals surface area contributed by atoms with Gasteiger partial charge in [-0.1, -0.05) is 0 Å². The average Bonchev–Trinajstić information content (AvgIpc) is 2.82. The number of H-pyrrole nitrogens is 1. The topological polar surface area (TPSA) is 40.7 Å². The van der Waals surface area contributed by atoms with Gasteiger partial charge in [0.05, 0.1) is 17.4 Å². The third-order valence-electron chi connectivity index (χ3n) is 3.86. The number of nitrogens with one attached hydrogen (secondary N) is 2. The molecule has 2 unspecified atom stereocenters. The van der Waals surface area contributed by atoms with Crippen LogP contribution in [0.5, 0.6) is 0 Å². The maximum atomic E-state index is 4.33. The fourth-order valence-corrected chi connectivity index (χ4v) is 3.14. The summed E-state index contributed by atoms with van der Waals surface area (Å²) in [4.78, 5) is 7.53. The summed E-state index contributed by atoms with van der Waals surface area (Å²) in [7, 11) is 0. The molecule has 3 nitrogen and oxygen atoms in total. The van der Waals surface area contributed by atoms with E-state index >= 15 is 0 Å². The van der Waals surface area contributed by atoms with E-state index in [1.54, 1.807) is 11.9 Å². The van der Waals surface area contributed by atoms with Crippen molar-refractivity contribution >= 4 is 11.0 Å². The van der Waals surface area contributed by atoms with Gasteiger partial charge in [0.1, 0.15) is 0 Å². The molecule has 1 saturated heterocycles. The van der Waals surface area contributed by atoms with E-state index in [9.17, 15) is 0 Å². The Bertz CT molecular complexity index is 485. The van der Waals surface area contributed by atoms with E-state index in [2.05, 4.69) is 27.4 Å². The number of piperidine rings is 1. The molecule has 1 aromatic heterocycles. The van der Waals surface area contributed by atoms with Crippen LogP contribution >= 0.6 is 0 Å². The molecule has 2 bridgehead atoms. The second-order valence-electron chi connectivity index (χ2n) is 4.69. The maximum Gasteiger partial charge on any atom is 0.0931 e. The van der Waals surface area contributed by atoms with E-state index in [4.69, 9.17) is 0 Å². The second-order valence-corrected chi connectivity index (χ2v) is 4.69. The molecular weight excluding hydrogens is 186 g/mol. The van der Waals surface area contributed by atoms with Crippen LogP contribution in [0.3, 0.4) is 0 Å². The van der Waals surface area contributed by atoms with Gasteiger partial charge in [-0.05, 0) is 41.5 Å². The summed E-state index contributed by atoms with van der Waals surface area (Å²) >= 11 is 0. The van der Waals surface area contributed by atoms with Gasteiger partial charge in [0.15, 0.2) is 0 Å². The van der Waals surface area contributed by atoms with E-state index in [-0.39, 0.29) is 0 Å². The molecule has 2 atom stereocenters. The second kappa shape index (κ2) is 2.61. The van der Waals surface area contributed by atoms with E-state index in [1.165, 1.54) is 17.5 Å². The van der Waals surface area contributed by atoms with E-state index in [1.807, 2.05) is 0 Å². The number of nitrogens with zero attached hydrogens (tertiary/aromatic N) is 1. The summed E-state index contributed by atoms with van der Waals surface area (Å²) in [6.07, 6.45) is 3.11. The van der Waals surface area contributed by atoms with Crippen LogP contribution in [0, 0.1) is 0 Å².